The molecule has 0 bridgehead atoms. The molecule has 0 spiro atoms. The molecule has 2 nitrogen and oxygen atoms in total. The smallest absolute Gasteiger partial charge is 0.128 e. The van der Waals surface area contributed by atoms with Gasteiger partial charge in [0.25, 0.3) is 0 Å². The third-order valence-electron chi connectivity index (χ3n) is 3.15. The number of nitrogens with one attached hydrogen (secondary N) is 1. The number of halogens is 2. The topological polar surface area (TPSA) is 24.9 Å². The second-order valence-electron chi connectivity index (χ2n) is 4.40. The summed E-state index contributed by atoms with van der Waals surface area (Å²) in [5.74, 6) is -0.169. The summed E-state index contributed by atoms with van der Waals surface area (Å²) in [6.45, 7) is 0. The van der Waals surface area contributed by atoms with Gasteiger partial charge >= 0.3 is 0 Å². The van der Waals surface area contributed by atoms with E-state index in [1.807, 2.05) is 25.2 Å². The molecule has 0 amide bonds. The van der Waals surface area contributed by atoms with Gasteiger partial charge in [0.15, 0.2) is 0 Å². The molecule has 0 saturated heterocycles. The fourth-order valence-electron chi connectivity index (χ4n) is 2.10. The molecule has 1 aromatic heterocycles. The second kappa shape index (κ2) is 6.78. The largest absolute Gasteiger partial charge is 0.313 e. The van der Waals surface area contributed by atoms with Gasteiger partial charge in [0.1, 0.15) is 5.82 Å². The van der Waals surface area contributed by atoms with Crippen LogP contribution >= 0.6 is 15.9 Å². The van der Waals surface area contributed by atoms with Crippen molar-refractivity contribution >= 4 is 15.9 Å². The van der Waals surface area contributed by atoms with Gasteiger partial charge in [-0.25, -0.2) is 4.39 Å². The number of pyridine rings is 1. The van der Waals surface area contributed by atoms with Crippen molar-refractivity contribution in [2.24, 2.45) is 0 Å². The summed E-state index contributed by atoms with van der Waals surface area (Å²) >= 11 is 3.39. The lowest BCUT2D eigenvalue weighted by atomic mass is 9.99. The van der Waals surface area contributed by atoms with Crippen LogP contribution in [0.25, 0.3) is 0 Å². The van der Waals surface area contributed by atoms with Crippen molar-refractivity contribution in [1.82, 2.24) is 10.3 Å². The van der Waals surface area contributed by atoms with Crippen LogP contribution in [-0.2, 0) is 6.42 Å². The number of benzene rings is 1. The summed E-state index contributed by atoms with van der Waals surface area (Å²) in [5, 5.41) is 3.18. The average Bonchev–Trinajstić information content (AvgIpc) is 2.44. The zero-order chi connectivity index (χ0) is 13.7. The SMILES string of the molecule is CNC(CCc1ccncc1)c1cc(Br)ccc1F. The predicted molar refractivity (Wildman–Crippen MR) is 78.5 cm³/mol. The van der Waals surface area contributed by atoms with E-state index in [2.05, 4.69) is 26.2 Å². The van der Waals surface area contributed by atoms with E-state index >= 15 is 0 Å². The highest BCUT2D eigenvalue weighted by Crippen LogP contribution is 2.25. The third-order valence-corrected chi connectivity index (χ3v) is 3.65. The Morgan fingerprint density at radius 2 is 2.00 bits per heavy atom. The van der Waals surface area contributed by atoms with Crippen LogP contribution < -0.4 is 5.32 Å². The Balaban J connectivity index is 2.10. The molecular formula is C15H16BrFN2. The number of aryl methyl sites for hydroxylation is 1. The Morgan fingerprint density at radius 3 is 2.68 bits per heavy atom. The van der Waals surface area contributed by atoms with Gasteiger partial charge in [-0.05, 0) is 55.8 Å². The van der Waals surface area contributed by atoms with Gasteiger partial charge in [-0.3, -0.25) is 4.98 Å². The Labute approximate surface area is 121 Å². The number of hydrogen-bond acceptors (Lipinski definition) is 2. The van der Waals surface area contributed by atoms with Crippen molar-refractivity contribution in [3.05, 3.63) is 64.1 Å². The van der Waals surface area contributed by atoms with Crippen LogP contribution in [0.15, 0.2) is 47.2 Å². The molecule has 0 aliphatic heterocycles. The molecule has 2 aromatic rings. The van der Waals surface area contributed by atoms with E-state index in [9.17, 15) is 4.39 Å². The van der Waals surface area contributed by atoms with Crippen LogP contribution in [-0.4, -0.2) is 12.0 Å². The molecule has 0 fully saturated rings. The third kappa shape index (κ3) is 3.85. The molecule has 1 atom stereocenters. The number of hydrogen-bond donors (Lipinski definition) is 1. The zero-order valence-electron chi connectivity index (χ0n) is 10.7. The van der Waals surface area contributed by atoms with Crippen molar-refractivity contribution < 1.29 is 4.39 Å². The van der Waals surface area contributed by atoms with Gasteiger partial charge in [0, 0.05) is 28.5 Å². The van der Waals surface area contributed by atoms with Gasteiger partial charge in [0.2, 0.25) is 0 Å². The van der Waals surface area contributed by atoms with Crippen LogP contribution in [0.3, 0.4) is 0 Å². The maximum absolute atomic E-state index is 13.9. The van der Waals surface area contributed by atoms with Crippen LogP contribution in [0.5, 0.6) is 0 Å². The monoisotopic (exact) mass is 322 g/mol. The summed E-state index contributed by atoms with van der Waals surface area (Å²) in [6, 6.07) is 9.03. The molecule has 1 aromatic carbocycles. The van der Waals surface area contributed by atoms with Gasteiger partial charge in [-0.2, -0.15) is 0 Å². The minimum Gasteiger partial charge on any atom is -0.313 e. The molecule has 0 aliphatic carbocycles. The zero-order valence-corrected chi connectivity index (χ0v) is 12.3. The highest BCUT2D eigenvalue weighted by Gasteiger charge is 2.14. The maximum atomic E-state index is 13.9. The molecule has 100 valence electrons. The quantitative estimate of drug-likeness (QED) is 0.903. The van der Waals surface area contributed by atoms with E-state index in [0.717, 1.165) is 17.3 Å². The summed E-state index contributed by atoms with van der Waals surface area (Å²) in [7, 11) is 1.86. The van der Waals surface area contributed by atoms with E-state index < -0.39 is 0 Å². The van der Waals surface area contributed by atoms with Crippen molar-refractivity contribution in [3.8, 4) is 0 Å². The average molecular weight is 323 g/mol. The Bertz CT molecular complexity index is 531. The molecule has 1 unspecified atom stereocenters. The molecule has 0 aliphatic rings. The van der Waals surface area contributed by atoms with Crippen molar-refractivity contribution in [2.75, 3.05) is 7.05 Å². The lowest BCUT2D eigenvalue weighted by Crippen LogP contribution is -2.18. The Morgan fingerprint density at radius 1 is 1.26 bits per heavy atom. The van der Waals surface area contributed by atoms with Crippen LogP contribution in [0, 0.1) is 5.82 Å². The highest BCUT2D eigenvalue weighted by atomic mass is 79.9. The first-order valence-corrected chi connectivity index (χ1v) is 7.01. The molecule has 1 N–H and O–H groups in total. The molecular weight excluding hydrogens is 307 g/mol. The summed E-state index contributed by atoms with van der Waals surface area (Å²) in [6.07, 6.45) is 5.29. The summed E-state index contributed by atoms with van der Waals surface area (Å²) < 4.78 is 14.8. The van der Waals surface area contributed by atoms with Crippen molar-refractivity contribution in [3.63, 3.8) is 0 Å². The van der Waals surface area contributed by atoms with E-state index in [1.165, 1.54) is 11.6 Å². The lowest BCUT2D eigenvalue weighted by Gasteiger charge is -2.17. The second-order valence-corrected chi connectivity index (χ2v) is 5.32. The first-order chi connectivity index (χ1) is 9.20. The molecule has 1 heterocycles. The molecule has 0 radical (unpaired) electrons. The first-order valence-electron chi connectivity index (χ1n) is 6.22. The molecule has 2 rings (SSSR count). The number of nitrogens with zero attached hydrogens (tertiary/aromatic N) is 1. The van der Waals surface area contributed by atoms with Crippen LogP contribution in [0.2, 0.25) is 0 Å². The Hall–Kier alpha value is -1.26. The maximum Gasteiger partial charge on any atom is 0.128 e. The minimum atomic E-state index is -0.169. The van der Waals surface area contributed by atoms with Gasteiger partial charge in [-0.15, -0.1) is 0 Å². The van der Waals surface area contributed by atoms with E-state index in [-0.39, 0.29) is 11.9 Å². The first kappa shape index (κ1) is 14.2. The summed E-state index contributed by atoms with van der Waals surface area (Å²) in [5.41, 5.74) is 1.91. The fraction of sp³-hybridized carbons (Fsp3) is 0.267. The van der Waals surface area contributed by atoms with Gasteiger partial charge in [-0.1, -0.05) is 15.9 Å². The van der Waals surface area contributed by atoms with Crippen LogP contribution in [0.1, 0.15) is 23.6 Å². The highest BCUT2D eigenvalue weighted by molar-refractivity contribution is 9.10. The fourth-order valence-corrected chi connectivity index (χ4v) is 2.48. The van der Waals surface area contributed by atoms with Gasteiger partial charge < -0.3 is 5.32 Å². The predicted octanol–water partition coefficient (Wildman–Crippen LogP) is 3.88. The normalized spacial score (nSPS) is 12.4. The van der Waals surface area contributed by atoms with Crippen LogP contribution in [0.4, 0.5) is 4.39 Å². The van der Waals surface area contributed by atoms with E-state index in [0.29, 0.717) is 5.56 Å². The molecule has 0 saturated carbocycles. The number of rotatable bonds is 5. The van der Waals surface area contributed by atoms with Crippen molar-refractivity contribution in [2.45, 2.75) is 18.9 Å². The van der Waals surface area contributed by atoms with E-state index in [4.69, 9.17) is 0 Å². The summed E-state index contributed by atoms with van der Waals surface area (Å²) in [4.78, 5) is 3.99. The minimum absolute atomic E-state index is 0.00525. The van der Waals surface area contributed by atoms with E-state index in [1.54, 1.807) is 18.5 Å². The number of aromatic nitrogens is 1. The molecule has 4 heteroatoms. The van der Waals surface area contributed by atoms with Gasteiger partial charge in [0.05, 0.1) is 0 Å². The van der Waals surface area contributed by atoms with Crippen molar-refractivity contribution in [1.29, 1.82) is 0 Å². The lowest BCUT2D eigenvalue weighted by molar-refractivity contribution is 0.508. The molecule has 19 heavy (non-hydrogen) atoms. The Kier molecular flexibility index (Phi) is 5.05. The standard InChI is InChI=1S/C15H16BrFN2/c1-18-15(5-2-11-6-8-19-9-7-11)13-10-12(16)3-4-14(13)17/h3-4,6-10,15,18H,2,5H2,1H3.